The number of halogens is 4. The number of carbonyl (C=O) groups excluding carboxylic acids is 2. The fraction of sp³-hybridized carbons (Fsp3) is 0.462. The molecule has 0 aromatic heterocycles. The average molecular weight is 591 g/mol. The lowest BCUT2D eigenvalue weighted by atomic mass is 9.95. The minimum absolute atomic E-state index is 0.00363. The molecule has 1 aliphatic rings. The molecule has 38 heavy (non-hydrogen) atoms. The first-order valence-electron chi connectivity index (χ1n) is 12.4. The lowest BCUT2D eigenvalue weighted by Gasteiger charge is -2.34. The number of sulfonamides is 1. The molecule has 0 spiro atoms. The first kappa shape index (κ1) is 30.1. The summed E-state index contributed by atoms with van der Waals surface area (Å²) in [5.41, 5.74) is 0.288. The van der Waals surface area contributed by atoms with Gasteiger partial charge in [-0.2, -0.15) is 0 Å². The fourth-order valence-corrected chi connectivity index (χ4v) is 5.86. The van der Waals surface area contributed by atoms with E-state index in [2.05, 4.69) is 5.32 Å². The summed E-state index contributed by atoms with van der Waals surface area (Å²) in [7, 11) is -4.09. The van der Waals surface area contributed by atoms with Gasteiger partial charge in [0.2, 0.25) is 21.8 Å². The standard InChI is InChI=1S/C26H31Cl2F2N3O4S/c1-3-24(26(35)31-19-7-5-4-6-8-19)32(15-17-9-10-18(27)13-21(17)28)25(34)16-33(38(2,36)37)20-11-12-22(29)23(30)14-20/h9-14,19,24H,3-8,15-16H2,1-2H3,(H,31,35)/t24-/m0/s1. The second kappa shape index (κ2) is 13.1. The fourth-order valence-electron chi connectivity index (χ4n) is 4.55. The van der Waals surface area contributed by atoms with E-state index in [9.17, 15) is 26.8 Å². The van der Waals surface area contributed by atoms with Gasteiger partial charge in [0.05, 0.1) is 11.9 Å². The third-order valence-corrected chi connectivity index (χ3v) is 8.29. The zero-order chi connectivity index (χ0) is 28.0. The minimum Gasteiger partial charge on any atom is -0.352 e. The van der Waals surface area contributed by atoms with Crippen molar-refractivity contribution in [3.05, 3.63) is 63.6 Å². The minimum atomic E-state index is -4.09. The van der Waals surface area contributed by atoms with Gasteiger partial charge in [0.1, 0.15) is 12.6 Å². The van der Waals surface area contributed by atoms with E-state index in [1.54, 1.807) is 19.1 Å². The topological polar surface area (TPSA) is 86.8 Å². The van der Waals surface area contributed by atoms with Crippen molar-refractivity contribution in [1.82, 2.24) is 10.2 Å². The Morgan fingerprint density at radius 3 is 2.32 bits per heavy atom. The van der Waals surface area contributed by atoms with Crippen LogP contribution in [0.15, 0.2) is 36.4 Å². The molecule has 2 amide bonds. The van der Waals surface area contributed by atoms with Crippen LogP contribution in [0.3, 0.4) is 0 Å². The van der Waals surface area contributed by atoms with E-state index in [0.29, 0.717) is 21.0 Å². The highest BCUT2D eigenvalue weighted by molar-refractivity contribution is 7.92. The Morgan fingerprint density at radius 1 is 1.05 bits per heavy atom. The van der Waals surface area contributed by atoms with Crippen LogP contribution in [0.1, 0.15) is 51.0 Å². The molecular weight excluding hydrogens is 559 g/mol. The Balaban J connectivity index is 1.95. The molecular formula is C26H31Cl2F2N3O4S. The van der Waals surface area contributed by atoms with Crippen LogP contribution < -0.4 is 9.62 Å². The van der Waals surface area contributed by atoms with Gasteiger partial charge < -0.3 is 10.2 Å². The van der Waals surface area contributed by atoms with Crippen LogP contribution in [-0.2, 0) is 26.2 Å². The number of nitrogens with zero attached hydrogens (tertiary/aromatic N) is 2. The van der Waals surface area contributed by atoms with Crippen LogP contribution in [0.2, 0.25) is 10.0 Å². The Labute approximate surface area is 232 Å². The quantitative estimate of drug-likeness (QED) is 0.408. The van der Waals surface area contributed by atoms with E-state index in [1.165, 1.54) is 11.0 Å². The van der Waals surface area contributed by atoms with Crippen molar-refractivity contribution in [1.29, 1.82) is 0 Å². The molecule has 0 unspecified atom stereocenters. The van der Waals surface area contributed by atoms with Gasteiger partial charge in [-0.25, -0.2) is 17.2 Å². The van der Waals surface area contributed by atoms with Crippen molar-refractivity contribution in [2.24, 2.45) is 0 Å². The summed E-state index contributed by atoms with van der Waals surface area (Å²) < 4.78 is 53.3. The second-order valence-corrected chi connectivity index (χ2v) is 12.1. The number of amides is 2. The average Bonchev–Trinajstić information content (AvgIpc) is 2.85. The second-order valence-electron chi connectivity index (χ2n) is 9.39. The van der Waals surface area contributed by atoms with Crippen LogP contribution in [0.25, 0.3) is 0 Å². The van der Waals surface area contributed by atoms with E-state index in [4.69, 9.17) is 23.2 Å². The summed E-state index contributed by atoms with van der Waals surface area (Å²) in [6.07, 6.45) is 5.90. The molecule has 7 nitrogen and oxygen atoms in total. The van der Waals surface area contributed by atoms with Gasteiger partial charge >= 0.3 is 0 Å². The Bertz CT molecular complexity index is 1270. The summed E-state index contributed by atoms with van der Waals surface area (Å²) in [4.78, 5) is 28.3. The molecule has 0 saturated heterocycles. The number of hydrogen-bond donors (Lipinski definition) is 1. The molecule has 1 saturated carbocycles. The van der Waals surface area contributed by atoms with Gasteiger partial charge in [-0.1, -0.05) is 55.5 Å². The lowest BCUT2D eigenvalue weighted by Crippen LogP contribution is -2.54. The third-order valence-electron chi connectivity index (χ3n) is 6.56. The Morgan fingerprint density at radius 2 is 1.74 bits per heavy atom. The maximum absolute atomic E-state index is 13.9. The zero-order valence-corrected chi connectivity index (χ0v) is 23.6. The molecule has 0 aliphatic heterocycles. The first-order chi connectivity index (χ1) is 17.9. The molecule has 0 radical (unpaired) electrons. The number of carbonyl (C=O) groups is 2. The summed E-state index contributed by atoms with van der Waals surface area (Å²) in [5, 5.41) is 3.70. The van der Waals surface area contributed by atoms with Crippen molar-refractivity contribution < 1.29 is 26.8 Å². The summed E-state index contributed by atoms with van der Waals surface area (Å²) in [5.74, 6) is -3.47. The highest BCUT2D eigenvalue weighted by Crippen LogP contribution is 2.26. The third kappa shape index (κ3) is 7.80. The van der Waals surface area contributed by atoms with Crippen molar-refractivity contribution in [2.45, 2.75) is 64.1 Å². The predicted molar refractivity (Wildman–Crippen MR) is 145 cm³/mol. The first-order valence-corrected chi connectivity index (χ1v) is 15.0. The molecule has 2 aromatic carbocycles. The molecule has 0 heterocycles. The summed E-state index contributed by atoms with van der Waals surface area (Å²) >= 11 is 12.4. The molecule has 2 aromatic rings. The van der Waals surface area contributed by atoms with Gasteiger partial charge in [0.25, 0.3) is 0 Å². The Kier molecular flexibility index (Phi) is 10.4. The summed E-state index contributed by atoms with van der Waals surface area (Å²) in [6, 6.07) is 6.36. The number of benzene rings is 2. The molecule has 208 valence electrons. The van der Waals surface area contributed by atoms with E-state index < -0.39 is 40.2 Å². The molecule has 1 N–H and O–H groups in total. The van der Waals surface area contributed by atoms with Gasteiger partial charge in [-0.15, -0.1) is 0 Å². The molecule has 1 atom stereocenters. The van der Waals surface area contributed by atoms with Gasteiger partial charge in [0, 0.05) is 28.7 Å². The van der Waals surface area contributed by atoms with Gasteiger partial charge in [-0.05, 0) is 49.1 Å². The van der Waals surface area contributed by atoms with E-state index in [-0.39, 0.29) is 35.6 Å². The van der Waals surface area contributed by atoms with E-state index in [1.807, 2.05) is 0 Å². The van der Waals surface area contributed by atoms with Crippen molar-refractivity contribution >= 4 is 50.7 Å². The number of rotatable bonds is 10. The van der Waals surface area contributed by atoms with Crippen LogP contribution in [0.4, 0.5) is 14.5 Å². The largest absolute Gasteiger partial charge is 0.352 e. The smallest absolute Gasteiger partial charge is 0.244 e. The SMILES string of the molecule is CC[C@@H](C(=O)NC1CCCCC1)N(Cc1ccc(Cl)cc1Cl)C(=O)CN(c1ccc(F)c(F)c1)S(C)(=O)=O. The maximum atomic E-state index is 13.9. The highest BCUT2D eigenvalue weighted by Gasteiger charge is 2.33. The maximum Gasteiger partial charge on any atom is 0.244 e. The van der Waals surface area contributed by atoms with Crippen LogP contribution >= 0.6 is 23.2 Å². The van der Waals surface area contributed by atoms with Gasteiger partial charge in [0.15, 0.2) is 11.6 Å². The van der Waals surface area contributed by atoms with Crippen LogP contribution in [0, 0.1) is 11.6 Å². The van der Waals surface area contributed by atoms with Gasteiger partial charge in [-0.3, -0.25) is 13.9 Å². The van der Waals surface area contributed by atoms with E-state index in [0.717, 1.165) is 50.5 Å². The van der Waals surface area contributed by atoms with Crippen LogP contribution in [-0.4, -0.2) is 50.0 Å². The lowest BCUT2D eigenvalue weighted by molar-refractivity contribution is -0.140. The number of hydrogen-bond acceptors (Lipinski definition) is 4. The molecule has 0 bridgehead atoms. The Hall–Kier alpha value is -2.43. The monoisotopic (exact) mass is 589 g/mol. The molecule has 1 aliphatic carbocycles. The highest BCUT2D eigenvalue weighted by atomic mass is 35.5. The molecule has 3 rings (SSSR count). The van der Waals surface area contributed by atoms with Crippen LogP contribution in [0.5, 0.6) is 0 Å². The number of nitrogens with one attached hydrogen (secondary N) is 1. The predicted octanol–water partition coefficient (Wildman–Crippen LogP) is 5.29. The van der Waals surface area contributed by atoms with Crippen molar-refractivity contribution in [3.63, 3.8) is 0 Å². The van der Waals surface area contributed by atoms with E-state index >= 15 is 0 Å². The molecule has 12 heteroatoms. The summed E-state index contributed by atoms with van der Waals surface area (Å²) in [6.45, 7) is 0.918. The normalized spacial score (nSPS) is 15.1. The van der Waals surface area contributed by atoms with Crippen molar-refractivity contribution in [3.8, 4) is 0 Å². The number of anilines is 1. The zero-order valence-electron chi connectivity index (χ0n) is 21.2. The molecule has 1 fully saturated rings. The van der Waals surface area contributed by atoms with Crippen molar-refractivity contribution in [2.75, 3.05) is 17.1 Å².